The molecule has 4 nitrogen and oxygen atoms in total. The van der Waals surface area contributed by atoms with Crippen molar-refractivity contribution in [1.82, 2.24) is 5.32 Å². The third-order valence-corrected chi connectivity index (χ3v) is 1.83. The fourth-order valence-corrected chi connectivity index (χ4v) is 1.19. The SMILES string of the molecule is CC(C)CC(CO)NC(C)C(=O)O. The molecule has 0 bridgehead atoms. The van der Waals surface area contributed by atoms with E-state index in [1.807, 2.05) is 13.8 Å². The fourth-order valence-electron chi connectivity index (χ4n) is 1.19. The Bertz CT molecular complexity index is 159. The Morgan fingerprint density at radius 3 is 2.23 bits per heavy atom. The molecule has 0 rings (SSSR count). The number of nitrogens with one attached hydrogen (secondary N) is 1. The number of carbonyl (C=O) groups is 1. The number of aliphatic carboxylic acids is 1. The van der Waals surface area contributed by atoms with E-state index in [4.69, 9.17) is 10.2 Å². The third kappa shape index (κ3) is 5.60. The first-order valence-electron chi connectivity index (χ1n) is 4.57. The van der Waals surface area contributed by atoms with E-state index in [0.717, 1.165) is 6.42 Å². The molecule has 0 aromatic rings. The predicted octanol–water partition coefficient (Wildman–Crippen LogP) is 0.456. The highest BCUT2D eigenvalue weighted by Gasteiger charge is 2.16. The minimum Gasteiger partial charge on any atom is -0.480 e. The summed E-state index contributed by atoms with van der Waals surface area (Å²) in [6.07, 6.45) is 0.786. The molecule has 2 unspecified atom stereocenters. The smallest absolute Gasteiger partial charge is 0.320 e. The van der Waals surface area contributed by atoms with Gasteiger partial charge in [-0.25, -0.2) is 0 Å². The van der Waals surface area contributed by atoms with Crippen molar-refractivity contribution in [1.29, 1.82) is 0 Å². The van der Waals surface area contributed by atoms with Crippen LogP contribution in [0.5, 0.6) is 0 Å². The Hall–Kier alpha value is -0.610. The second-order valence-corrected chi connectivity index (χ2v) is 3.74. The van der Waals surface area contributed by atoms with Gasteiger partial charge in [0.05, 0.1) is 6.61 Å². The second kappa shape index (κ2) is 5.94. The molecule has 0 heterocycles. The van der Waals surface area contributed by atoms with Crippen LogP contribution >= 0.6 is 0 Å². The van der Waals surface area contributed by atoms with E-state index in [9.17, 15) is 4.79 Å². The molecule has 78 valence electrons. The van der Waals surface area contributed by atoms with Crippen LogP contribution in [0.2, 0.25) is 0 Å². The van der Waals surface area contributed by atoms with E-state index < -0.39 is 12.0 Å². The molecule has 0 radical (unpaired) electrons. The van der Waals surface area contributed by atoms with Crippen LogP contribution in [-0.4, -0.2) is 34.9 Å². The first-order chi connectivity index (χ1) is 5.97. The Labute approximate surface area is 79.0 Å². The number of rotatable bonds is 6. The molecule has 0 fully saturated rings. The summed E-state index contributed by atoms with van der Waals surface area (Å²) in [5.41, 5.74) is 0. The number of carboxylic acid groups (broad SMARTS) is 1. The summed E-state index contributed by atoms with van der Waals surface area (Å²) in [6, 6.07) is -0.720. The lowest BCUT2D eigenvalue weighted by Gasteiger charge is -2.20. The van der Waals surface area contributed by atoms with Crippen molar-refractivity contribution in [3.63, 3.8) is 0 Å². The Balaban J connectivity index is 3.90. The summed E-state index contributed by atoms with van der Waals surface area (Å²) < 4.78 is 0. The van der Waals surface area contributed by atoms with Crippen LogP contribution < -0.4 is 5.32 Å². The van der Waals surface area contributed by atoms with E-state index in [0.29, 0.717) is 5.92 Å². The molecule has 0 aliphatic heterocycles. The molecular formula is C9H19NO3. The van der Waals surface area contributed by atoms with Gasteiger partial charge in [0.25, 0.3) is 0 Å². The molecule has 0 aromatic heterocycles. The maximum atomic E-state index is 10.5. The zero-order valence-electron chi connectivity index (χ0n) is 8.45. The molecule has 0 aliphatic rings. The Morgan fingerprint density at radius 1 is 1.38 bits per heavy atom. The third-order valence-electron chi connectivity index (χ3n) is 1.83. The summed E-state index contributed by atoms with van der Waals surface area (Å²) in [4.78, 5) is 10.5. The summed E-state index contributed by atoms with van der Waals surface area (Å²) in [7, 11) is 0. The van der Waals surface area contributed by atoms with E-state index in [1.54, 1.807) is 6.92 Å². The number of hydrogen-bond donors (Lipinski definition) is 3. The summed E-state index contributed by atoms with van der Waals surface area (Å²) >= 11 is 0. The van der Waals surface area contributed by atoms with Crippen molar-refractivity contribution in [2.75, 3.05) is 6.61 Å². The lowest BCUT2D eigenvalue weighted by Crippen LogP contribution is -2.43. The molecule has 0 saturated heterocycles. The largest absolute Gasteiger partial charge is 0.480 e. The summed E-state index contributed by atoms with van der Waals surface area (Å²) in [5, 5.41) is 20.4. The van der Waals surface area contributed by atoms with Gasteiger partial charge < -0.3 is 10.2 Å². The van der Waals surface area contributed by atoms with Crippen molar-refractivity contribution in [2.24, 2.45) is 5.92 Å². The predicted molar refractivity (Wildman–Crippen MR) is 50.6 cm³/mol. The van der Waals surface area contributed by atoms with Gasteiger partial charge in [0.15, 0.2) is 0 Å². The van der Waals surface area contributed by atoms with Gasteiger partial charge in [-0.2, -0.15) is 0 Å². The normalized spacial score (nSPS) is 15.8. The van der Waals surface area contributed by atoms with Crippen LogP contribution in [0.3, 0.4) is 0 Å². The van der Waals surface area contributed by atoms with Gasteiger partial charge in [0, 0.05) is 6.04 Å². The molecule has 13 heavy (non-hydrogen) atoms. The summed E-state index contributed by atoms with van der Waals surface area (Å²) in [6.45, 7) is 5.63. The van der Waals surface area contributed by atoms with Gasteiger partial charge in [0.2, 0.25) is 0 Å². The average molecular weight is 189 g/mol. The van der Waals surface area contributed by atoms with Crippen molar-refractivity contribution in [2.45, 2.75) is 39.3 Å². The molecule has 0 amide bonds. The van der Waals surface area contributed by atoms with Crippen molar-refractivity contribution in [3.8, 4) is 0 Å². The minimum atomic E-state index is -0.887. The van der Waals surface area contributed by atoms with Gasteiger partial charge in [-0.15, -0.1) is 0 Å². The monoisotopic (exact) mass is 189 g/mol. The first kappa shape index (κ1) is 12.4. The van der Waals surface area contributed by atoms with Crippen molar-refractivity contribution >= 4 is 5.97 Å². The molecule has 0 spiro atoms. The average Bonchev–Trinajstić information content (AvgIpc) is 2.02. The van der Waals surface area contributed by atoms with Crippen molar-refractivity contribution < 1.29 is 15.0 Å². The van der Waals surface area contributed by atoms with E-state index in [2.05, 4.69) is 5.32 Å². The molecule has 0 saturated carbocycles. The van der Waals surface area contributed by atoms with Gasteiger partial charge in [-0.05, 0) is 19.3 Å². The number of carboxylic acids is 1. The van der Waals surface area contributed by atoms with E-state index in [-0.39, 0.29) is 12.6 Å². The molecular weight excluding hydrogens is 170 g/mol. The molecule has 4 heteroatoms. The first-order valence-corrected chi connectivity index (χ1v) is 4.57. The van der Waals surface area contributed by atoms with Gasteiger partial charge >= 0.3 is 5.97 Å². The van der Waals surface area contributed by atoms with Crippen LogP contribution in [-0.2, 0) is 4.79 Å². The lowest BCUT2D eigenvalue weighted by atomic mass is 10.0. The minimum absolute atomic E-state index is 0.0181. The summed E-state index contributed by atoms with van der Waals surface area (Å²) in [5.74, 6) is -0.437. The zero-order valence-corrected chi connectivity index (χ0v) is 8.45. The maximum Gasteiger partial charge on any atom is 0.320 e. The zero-order chi connectivity index (χ0) is 10.4. The van der Waals surface area contributed by atoms with E-state index in [1.165, 1.54) is 0 Å². The van der Waals surface area contributed by atoms with Crippen LogP contribution in [0, 0.1) is 5.92 Å². The highest BCUT2D eigenvalue weighted by atomic mass is 16.4. The van der Waals surface area contributed by atoms with Crippen LogP contribution in [0.25, 0.3) is 0 Å². The Morgan fingerprint density at radius 2 is 1.92 bits per heavy atom. The maximum absolute atomic E-state index is 10.5. The molecule has 0 aliphatic carbocycles. The molecule has 0 aromatic carbocycles. The van der Waals surface area contributed by atoms with Crippen LogP contribution in [0.15, 0.2) is 0 Å². The highest BCUT2D eigenvalue weighted by Crippen LogP contribution is 2.04. The number of aliphatic hydroxyl groups is 1. The number of aliphatic hydroxyl groups excluding tert-OH is 1. The molecule has 3 N–H and O–H groups in total. The van der Waals surface area contributed by atoms with Crippen LogP contribution in [0.1, 0.15) is 27.2 Å². The quantitative estimate of drug-likeness (QED) is 0.567. The lowest BCUT2D eigenvalue weighted by molar-refractivity contribution is -0.139. The van der Waals surface area contributed by atoms with E-state index >= 15 is 0 Å². The standard InChI is InChI=1S/C9H19NO3/c1-6(2)4-8(5-11)10-7(3)9(12)13/h6-8,10-11H,4-5H2,1-3H3,(H,12,13). The van der Waals surface area contributed by atoms with Crippen molar-refractivity contribution in [3.05, 3.63) is 0 Å². The second-order valence-electron chi connectivity index (χ2n) is 3.74. The highest BCUT2D eigenvalue weighted by molar-refractivity contribution is 5.72. The molecule has 2 atom stereocenters. The Kier molecular flexibility index (Phi) is 5.66. The fraction of sp³-hybridized carbons (Fsp3) is 0.889. The van der Waals surface area contributed by atoms with Crippen LogP contribution in [0.4, 0.5) is 0 Å². The van der Waals surface area contributed by atoms with Gasteiger partial charge in [-0.3, -0.25) is 10.1 Å². The number of hydrogen-bond acceptors (Lipinski definition) is 3. The van der Waals surface area contributed by atoms with Gasteiger partial charge in [0.1, 0.15) is 6.04 Å². The van der Waals surface area contributed by atoms with Gasteiger partial charge in [-0.1, -0.05) is 13.8 Å². The topological polar surface area (TPSA) is 69.6 Å².